The molecule has 2 aromatic carbocycles. The quantitative estimate of drug-likeness (QED) is 0.787. The molecule has 1 aliphatic heterocycles. The number of hydrogen-bond acceptors (Lipinski definition) is 3. The molecule has 0 aliphatic carbocycles. The highest BCUT2D eigenvalue weighted by Gasteiger charge is 2.21. The lowest BCUT2D eigenvalue weighted by atomic mass is 9.87. The summed E-state index contributed by atoms with van der Waals surface area (Å²) in [6.45, 7) is 10.3. The van der Waals surface area contributed by atoms with Gasteiger partial charge in [0.2, 0.25) is 0 Å². The van der Waals surface area contributed by atoms with Crippen LogP contribution in [-0.2, 0) is 5.41 Å². The van der Waals surface area contributed by atoms with Crippen LogP contribution in [0.15, 0.2) is 48.5 Å². The van der Waals surface area contributed by atoms with Gasteiger partial charge in [-0.1, -0.05) is 45.0 Å². The highest BCUT2D eigenvalue weighted by atomic mass is 32.1. The molecule has 2 aromatic rings. The summed E-state index contributed by atoms with van der Waals surface area (Å²) in [4.78, 5) is 4.59. The van der Waals surface area contributed by atoms with E-state index in [-0.39, 0.29) is 5.41 Å². The van der Waals surface area contributed by atoms with Gasteiger partial charge in [0.1, 0.15) is 5.75 Å². The lowest BCUT2D eigenvalue weighted by molar-refractivity contribution is 0.382. The molecule has 3 rings (SSSR count). The third kappa shape index (κ3) is 4.72. The Balaban J connectivity index is 1.57. The van der Waals surface area contributed by atoms with E-state index >= 15 is 0 Å². The lowest BCUT2D eigenvalue weighted by Crippen LogP contribution is -2.50. The van der Waals surface area contributed by atoms with E-state index in [0.717, 1.165) is 48.4 Å². The third-order valence-electron chi connectivity index (χ3n) is 4.99. The highest BCUT2D eigenvalue weighted by molar-refractivity contribution is 7.80. The second-order valence-electron chi connectivity index (χ2n) is 7.90. The number of hydrogen-bond donors (Lipinski definition) is 1. The van der Waals surface area contributed by atoms with Gasteiger partial charge in [0.25, 0.3) is 0 Å². The van der Waals surface area contributed by atoms with E-state index in [1.807, 2.05) is 12.1 Å². The molecule has 1 aliphatic rings. The number of anilines is 2. The number of para-hydroxylation sites is 2. The summed E-state index contributed by atoms with van der Waals surface area (Å²) in [5.41, 5.74) is 3.68. The molecule has 1 N–H and O–H groups in total. The number of benzene rings is 2. The van der Waals surface area contributed by atoms with Crippen molar-refractivity contribution in [1.29, 1.82) is 0 Å². The molecule has 27 heavy (non-hydrogen) atoms. The summed E-state index contributed by atoms with van der Waals surface area (Å²) in [6.07, 6.45) is 0. The van der Waals surface area contributed by atoms with Gasteiger partial charge in [-0.15, -0.1) is 0 Å². The van der Waals surface area contributed by atoms with Crippen LogP contribution in [-0.4, -0.2) is 43.3 Å². The van der Waals surface area contributed by atoms with Crippen molar-refractivity contribution in [2.75, 3.05) is 43.5 Å². The first-order valence-corrected chi connectivity index (χ1v) is 9.84. The largest absolute Gasteiger partial charge is 0.495 e. The van der Waals surface area contributed by atoms with Crippen LogP contribution in [0.25, 0.3) is 0 Å². The number of nitrogens with zero attached hydrogens (tertiary/aromatic N) is 2. The van der Waals surface area contributed by atoms with Gasteiger partial charge >= 0.3 is 0 Å². The number of rotatable bonds is 3. The molecule has 5 heteroatoms. The molecular formula is C22H29N3OS. The Hall–Kier alpha value is -2.27. The predicted octanol–water partition coefficient (Wildman–Crippen LogP) is 4.51. The van der Waals surface area contributed by atoms with Crippen molar-refractivity contribution in [1.82, 2.24) is 4.90 Å². The molecule has 0 amide bonds. The topological polar surface area (TPSA) is 27.7 Å². The van der Waals surface area contributed by atoms with E-state index < -0.39 is 0 Å². The van der Waals surface area contributed by atoms with Crippen molar-refractivity contribution < 1.29 is 4.74 Å². The summed E-state index contributed by atoms with van der Waals surface area (Å²) >= 11 is 5.64. The first-order valence-electron chi connectivity index (χ1n) is 9.43. The van der Waals surface area contributed by atoms with E-state index in [1.54, 1.807) is 7.11 Å². The van der Waals surface area contributed by atoms with Crippen LogP contribution >= 0.6 is 12.2 Å². The fourth-order valence-corrected chi connectivity index (χ4v) is 3.60. The van der Waals surface area contributed by atoms with E-state index in [9.17, 15) is 0 Å². The fourth-order valence-electron chi connectivity index (χ4n) is 3.30. The van der Waals surface area contributed by atoms with Gasteiger partial charge in [-0.25, -0.2) is 0 Å². The van der Waals surface area contributed by atoms with Crippen LogP contribution in [0.2, 0.25) is 0 Å². The van der Waals surface area contributed by atoms with E-state index in [2.05, 4.69) is 72.3 Å². The normalized spacial score (nSPS) is 14.8. The van der Waals surface area contributed by atoms with Gasteiger partial charge in [0, 0.05) is 31.9 Å². The number of thiocarbonyl (C=S) groups is 1. The lowest BCUT2D eigenvalue weighted by Gasteiger charge is -2.37. The van der Waals surface area contributed by atoms with Crippen LogP contribution in [0.3, 0.4) is 0 Å². The minimum absolute atomic E-state index is 0.161. The molecular weight excluding hydrogens is 354 g/mol. The van der Waals surface area contributed by atoms with Crippen LogP contribution in [0.1, 0.15) is 26.3 Å². The molecule has 144 valence electrons. The van der Waals surface area contributed by atoms with Crippen LogP contribution in [0.4, 0.5) is 11.4 Å². The first kappa shape index (κ1) is 19.5. The summed E-state index contributed by atoms with van der Waals surface area (Å²) in [6, 6.07) is 16.7. The van der Waals surface area contributed by atoms with E-state index in [0.29, 0.717) is 0 Å². The maximum absolute atomic E-state index is 5.64. The van der Waals surface area contributed by atoms with Crippen molar-refractivity contribution in [2.45, 2.75) is 26.2 Å². The Labute approximate surface area is 168 Å². The molecule has 0 spiro atoms. The Morgan fingerprint density at radius 2 is 1.59 bits per heavy atom. The maximum Gasteiger partial charge on any atom is 0.173 e. The van der Waals surface area contributed by atoms with Gasteiger partial charge in [-0.2, -0.15) is 0 Å². The van der Waals surface area contributed by atoms with E-state index in [1.165, 1.54) is 5.56 Å². The zero-order chi connectivity index (χ0) is 19.4. The molecule has 0 radical (unpaired) electrons. The van der Waals surface area contributed by atoms with Crippen LogP contribution < -0.4 is 15.0 Å². The second-order valence-corrected chi connectivity index (χ2v) is 8.29. The van der Waals surface area contributed by atoms with Crippen molar-refractivity contribution in [3.63, 3.8) is 0 Å². The molecule has 0 unspecified atom stereocenters. The van der Waals surface area contributed by atoms with Crippen molar-refractivity contribution in [3.8, 4) is 5.75 Å². The summed E-state index contributed by atoms with van der Waals surface area (Å²) < 4.78 is 5.49. The first-order chi connectivity index (χ1) is 12.9. The van der Waals surface area contributed by atoms with Gasteiger partial charge in [0.05, 0.1) is 12.8 Å². The average molecular weight is 384 g/mol. The fraction of sp³-hybridized carbons (Fsp3) is 0.409. The van der Waals surface area contributed by atoms with Crippen LogP contribution in [0, 0.1) is 0 Å². The highest BCUT2D eigenvalue weighted by Crippen LogP contribution is 2.28. The van der Waals surface area contributed by atoms with Gasteiger partial charge in [-0.3, -0.25) is 0 Å². The minimum atomic E-state index is 0.161. The Bertz CT molecular complexity index is 775. The van der Waals surface area contributed by atoms with Gasteiger partial charge < -0.3 is 19.9 Å². The minimum Gasteiger partial charge on any atom is -0.495 e. The smallest absolute Gasteiger partial charge is 0.173 e. The molecule has 0 atom stereocenters. The Morgan fingerprint density at radius 1 is 0.963 bits per heavy atom. The van der Waals surface area contributed by atoms with Gasteiger partial charge in [-0.05, 0) is 47.5 Å². The predicted molar refractivity (Wildman–Crippen MR) is 118 cm³/mol. The molecule has 1 heterocycles. The van der Waals surface area contributed by atoms with Gasteiger partial charge in [0.15, 0.2) is 5.11 Å². The molecule has 0 bridgehead atoms. The maximum atomic E-state index is 5.64. The van der Waals surface area contributed by atoms with Crippen molar-refractivity contribution in [2.24, 2.45) is 0 Å². The zero-order valence-corrected chi connectivity index (χ0v) is 17.5. The molecule has 0 aromatic heterocycles. The number of ether oxygens (including phenoxy) is 1. The summed E-state index contributed by atoms with van der Waals surface area (Å²) in [5, 5.41) is 4.17. The third-order valence-corrected chi connectivity index (χ3v) is 5.36. The number of methoxy groups -OCH3 is 1. The van der Waals surface area contributed by atoms with Crippen molar-refractivity contribution >= 4 is 28.7 Å². The Kier molecular flexibility index (Phi) is 5.90. The monoisotopic (exact) mass is 383 g/mol. The summed E-state index contributed by atoms with van der Waals surface area (Å²) in [7, 11) is 1.72. The molecule has 4 nitrogen and oxygen atoms in total. The summed E-state index contributed by atoms with van der Waals surface area (Å²) in [5.74, 6) is 0.922. The zero-order valence-electron chi connectivity index (χ0n) is 16.7. The van der Waals surface area contributed by atoms with Crippen LogP contribution in [0.5, 0.6) is 5.75 Å². The number of nitrogens with one attached hydrogen (secondary N) is 1. The average Bonchev–Trinajstić information content (AvgIpc) is 2.68. The number of piperazine rings is 1. The van der Waals surface area contributed by atoms with E-state index in [4.69, 9.17) is 17.0 Å². The molecule has 0 saturated carbocycles. The van der Waals surface area contributed by atoms with Crippen molar-refractivity contribution in [3.05, 3.63) is 54.1 Å². The second kappa shape index (κ2) is 8.17. The SMILES string of the molecule is COc1ccccc1N1CCN(C(=S)Nc2ccc(C(C)(C)C)cc2)CC1. The molecule has 1 saturated heterocycles. The standard InChI is InChI=1S/C22H29N3OS/c1-22(2,3)17-9-11-18(12-10-17)23-21(27)25-15-13-24(14-16-25)19-7-5-6-8-20(19)26-4/h5-12H,13-16H2,1-4H3,(H,23,27). The Morgan fingerprint density at radius 3 is 2.19 bits per heavy atom. The molecule has 1 fully saturated rings.